The molecule has 0 saturated heterocycles. The number of hydrogen-bond donors (Lipinski definition) is 2. The Kier molecular flexibility index (Phi) is 4.70. The van der Waals surface area contributed by atoms with Gasteiger partial charge in [0, 0.05) is 23.4 Å². The molecule has 0 amide bonds. The molecular weight excluding hydrogens is 328 g/mol. The summed E-state index contributed by atoms with van der Waals surface area (Å²) >= 11 is 3.44. The second-order valence-corrected chi connectivity index (χ2v) is 6.72. The molecule has 4 nitrogen and oxygen atoms in total. The number of aromatic nitrogens is 2. The van der Waals surface area contributed by atoms with E-state index in [-0.39, 0.29) is 0 Å². The van der Waals surface area contributed by atoms with Crippen LogP contribution in [0.25, 0.3) is 11.0 Å². The minimum absolute atomic E-state index is 0.654. The van der Waals surface area contributed by atoms with Crippen molar-refractivity contribution in [2.75, 3.05) is 18.4 Å². The number of halogens is 1. The largest absolute Gasteiger partial charge is 0.383 e. The van der Waals surface area contributed by atoms with E-state index in [2.05, 4.69) is 31.2 Å². The first kappa shape index (κ1) is 14.7. The van der Waals surface area contributed by atoms with E-state index >= 15 is 0 Å². The molecule has 1 aliphatic rings. The Hall–Kier alpha value is -1.20. The Morgan fingerprint density at radius 1 is 1.24 bits per heavy atom. The van der Waals surface area contributed by atoms with Crippen LogP contribution < -0.4 is 11.1 Å². The first-order valence-corrected chi connectivity index (χ1v) is 8.41. The van der Waals surface area contributed by atoms with Crippen LogP contribution in [0.2, 0.25) is 0 Å². The van der Waals surface area contributed by atoms with Gasteiger partial charge >= 0.3 is 0 Å². The van der Waals surface area contributed by atoms with Gasteiger partial charge in [-0.3, -0.25) is 9.97 Å². The zero-order valence-electron chi connectivity index (χ0n) is 12.1. The maximum Gasteiger partial charge on any atom is 0.112 e. The summed E-state index contributed by atoms with van der Waals surface area (Å²) in [5.74, 6) is 1.32. The Morgan fingerprint density at radius 2 is 2.05 bits per heavy atom. The lowest BCUT2D eigenvalue weighted by molar-refractivity contribution is 0.255. The van der Waals surface area contributed by atoms with Crippen molar-refractivity contribution in [3.8, 4) is 0 Å². The highest BCUT2D eigenvalue weighted by atomic mass is 79.9. The molecular formula is C16H21BrN4. The van der Waals surface area contributed by atoms with Crippen LogP contribution in [0.3, 0.4) is 0 Å². The van der Waals surface area contributed by atoms with E-state index < -0.39 is 0 Å². The third kappa shape index (κ3) is 3.35. The van der Waals surface area contributed by atoms with Crippen LogP contribution in [-0.4, -0.2) is 23.1 Å². The minimum Gasteiger partial charge on any atom is -0.383 e. The van der Waals surface area contributed by atoms with E-state index in [1.54, 1.807) is 0 Å². The molecule has 0 aliphatic heterocycles. The lowest BCUT2D eigenvalue weighted by Gasteiger charge is -2.31. The summed E-state index contributed by atoms with van der Waals surface area (Å²) in [6, 6.07) is 4.00. The lowest BCUT2D eigenvalue weighted by Crippen LogP contribution is -2.31. The number of hydrogen-bond acceptors (Lipinski definition) is 4. The molecule has 1 aliphatic carbocycles. The van der Waals surface area contributed by atoms with E-state index in [9.17, 15) is 0 Å². The van der Waals surface area contributed by atoms with Gasteiger partial charge < -0.3 is 11.1 Å². The number of nitrogens with zero attached hydrogens (tertiary/aromatic N) is 2. The fraction of sp³-hybridized carbons (Fsp3) is 0.500. The van der Waals surface area contributed by atoms with E-state index in [1.165, 1.54) is 25.7 Å². The fourth-order valence-corrected chi connectivity index (χ4v) is 3.57. The van der Waals surface area contributed by atoms with Crippen LogP contribution >= 0.6 is 15.9 Å². The Labute approximate surface area is 133 Å². The van der Waals surface area contributed by atoms with Crippen molar-refractivity contribution in [3.05, 3.63) is 29.0 Å². The van der Waals surface area contributed by atoms with E-state index in [1.807, 2.05) is 24.5 Å². The molecule has 5 heteroatoms. The first-order chi connectivity index (χ1) is 10.3. The van der Waals surface area contributed by atoms with Gasteiger partial charge in [-0.15, -0.1) is 0 Å². The lowest BCUT2D eigenvalue weighted by atomic mass is 9.79. The highest BCUT2D eigenvalue weighted by Crippen LogP contribution is 2.30. The van der Waals surface area contributed by atoms with Crippen molar-refractivity contribution in [1.29, 1.82) is 0 Å². The molecule has 2 unspecified atom stereocenters. The van der Waals surface area contributed by atoms with Gasteiger partial charge in [-0.1, -0.05) is 12.8 Å². The summed E-state index contributed by atoms with van der Waals surface area (Å²) in [7, 11) is 0. The Bertz CT molecular complexity index is 616. The van der Waals surface area contributed by atoms with Gasteiger partial charge in [0.25, 0.3) is 0 Å². The summed E-state index contributed by atoms with van der Waals surface area (Å²) in [5.41, 5.74) is 8.82. The third-order valence-corrected chi connectivity index (χ3v) is 4.90. The smallest absolute Gasteiger partial charge is 0.112 e. The molecule has 0 spiro atoms. The average molecular weight is 349 g/mol. The van der Waals surface area contributed by atoms with Crippen LogP contribution in [0.15, 0.2) is 29.0 Å². The van der Waals surface area contributed by atoms with Gasteiger partial charge in [-0.25, -0.2) is 0 Å². The van der Waals surface area contributed by atoms with Crippen molar-refractivity contribution in [2.24, 2.45) is 17.6 Å². The molecule has 3 N–H and O–H groups in total. The summed E-state index contributed by atoms with van der Waals surface area (Å²) in [6.07, 6.45) is 8.85. The molecule has 0 radical (unpaired) electrons. The highest BCUT2D eigenvalue weighted by molar-refractivity contribution is 9.10. The summed E-state index contributed by atoms with van der Waals surface area (Å²) in [5, 5.41) is 3.57. The van der Waals surface area contributed by atoms with Crippen molar-refractivity contribution >= 4 is 32.7 Å². The standard InChI is InChI=1S/C16H21BrN4/c17-13-7-15-16(21-10-13)14(5-6-19-15)20-9-12-4-2-1-3-11(12)8-18/h5-7,10-12H,1-4,8-9,18H2,(H,19,20). The maximum absolute atomic E-state index is 5.91. The van der Waals surface area contributed by atoms with Gasteiger partial charge in [-0.05, 0) is 59.3 Å². The van der Waals surface area contributed by atoms with Crippen molar-refractivity contribution < 1.29 is 0 Å². The predicted octanol–water partition coefficient (Wildman–Crippen LogP) is 3.57. The Balaban J connectivity index is 1.75. The second-order valence-electron chi connectivity index (χ2n) is 5.80. The highest BCUT2D eigenvalue weighted by Gasteiger charge is 2.23. The van der Waals surface area contributed by atoms with E-state index in [0.29, 0.717) is 11.8 Å². The molecule has 1 saturated carbocycles. The van der Waals surface area contributed by atoms with Crippen LogP contribution in [0.4, 0.5) is 5.69 Å². The third-order valence-electron chi connectivity index (χ3n) is 4.47. The number of fused-ring (bicyclic) bond motifs is 1. The van der Waals surface area contributed by atoms with Crippen molar-refractivity contribution in [3.63, 3.8) is 0 Å². The van der Waals surface area contributed by atoms with Gasteiger partial charge in [0.05, 0.1) is 11.2 Å². The number of pyridine rings is 2. The number of nitrogens with two attached hydrogens (primary N) is 1. The van der Waals surface area contributed by atoms with Crippen molar-refractivity contribution in [1.82, 2.24) is 9.97 Å². The average Bonchev–Trinajstić information content (AvgIpc) is 2.52. The van der Waals surface area contributed by atoms with E-state index in [4.69, 9.17) is 5.73 Å². The SMILES string of the molecule is NCC1CCCCC1CNc1ccnc2cc(Br)cnc12. The van der Waals surface area contributed by atoms with Crippen LogP contribution in [-0.2, 0) is 0 Å². The number of rotatable bonds is 4. The predicted molar refractivity (Wildman–Crippen MR) is 90.2 cm³/mol. The van der Waals surface area contributed by atoms with Crippen LogP contribution in [0.5, 0.6) is 0 Å². The topological polar surface area (TPSA) is 63.8 Å². The van der Waals surface area contributed by atoms with Gasteiger partial charge in [0.1, 0.15) is 5.52 Å². The van der Waals surface area contributed by atoms with Crippen LogP contribution in [0.1, 0.15) is 25.7 Å². The van der Waals surface area contributed by atoms with E-state index in [0.717, 1.165) is 34.3 Å². The van der Waals surface area contributed by atoms with Gasteiger partial charge in [0.15, 0.2) is 0 Å². The minimum atomic E-state index is 0.654. The number of anilines is 1. The maximum atomic E-state index is 5.91. The molecule has 0 bridgehead atoms. The van der Waals surface area contributed by atoms with Crippen LogP contribution in [0, 0.1) is 11.8 Å². The quantitative estimate of drug-likeness (QED) is 0.886. The Morgan fingerprint density at radius 3 is 2.86 bits per heavy atom. The summed E-state index contributed by atoms with van der Waals surface area (Å²) < 4.78 is 0.954. The number of nitrogens with one attached hydrogen (secondary N) is 1. The molecule has 0 aromatic carbocycles. The first-order valence-electron chi connectivity index (χ1n) is 7.62. The zero-order valence-corrected chi connectivity index (χ0v) is 13.6. The summed E-state index contributed by atoms with van der Waals surface area (Å²) in [6.45, 7) is 1.77. The molecule has 1 fully saturated rings. The van der Waals surface area contributed by atoms with Gasteiger partial charge in [0.2, 0.25) is 0 Å². The molecule has 112 valence electrons. The van der Waals surface area contributed by atoms with Crippen molar-refractivity contribution in [2.45, 2.75) is 25.7 Å². The monoisotopic (exact) mass is 348 g/mol. The molecule has 3 rings (SSSR count). The fourth-order valence-electron chi connectivity index (χ4n) is 3.25. The molecule has 21 heavy (non-hydrogen) atoms. The molecule has 2 aromatic rings. The molecule has 2 atom stereocenters. The zero-order chi connectivity index (χ0) is 14.7. The molecule has 2 heterocycles. The summed E-state index contributed by atoms with van der Waals surface area (Å²) in [4.78, 5) is 8.86. The van der Waals surface area contributed by atoms with Gasteiger partial charge in [-0.2, -0.15) is 0 Å². The molecule has 2 aromatic heterocycles. The second kappa shape index (κ2) is 6.71. The normalized spacial score (nSPS) is 22.4.